The van der Waals surface area contributed by atoms with Gasteiger partial charge in [-0.3, -0.25) is 0 Å². The SMILES string of the molecule is Fc1cc(CNC2CC3CCC2O3)cc(F)c1F. The molecule has 0 amide bonds. The summed E-state index contributed by atoms with van der Waals surface area (Å²) in [6, 6.07) is 2.29. The number of nitrogens with one attached hydrogen (secondary N) is 1. The van der Waals surface area contributed by atoms with Crippen LogP contribution >= 0.6 is 0 Å². The third kappa shape index (κ3) is 2.12. The highest BCUT2D eigenvalue weighted by Gasteiger charge is 2.40. The largest absolute Gasteiger partial charge is 0.373 e. The van der Waals surface area contributed by atoms with Gasteiger partial charge < -0.3 is 10.1 Å². The number of hydrogen-bond acceptors (Lipinski definition) is 2. The van der Waals surface area contributed by atoms with Crippen LogP contribution in [-0.4, -0.2) is 18.2 Å². The Kier molecular flexibility index (Phi) is 3.03. The molecule has 0 radical (unpaired) electrons. The summed E-state index contributed by atoms with van der Waals surface area (Å²) in [5, 5.41) is 3.22. The lowest BCUT2D eigenvalue weighted by Crippen LogP contribution is -2.37. The standard InChI is InChI=1S/C13H14F3NO/c14-9-3-7(4-10(15)13(9)16)6-17-11-5-8-1-2-12(11)18-8/h3-4,8,11-12,17H,1-2,5-6H2. The lowest BCUT2D eigenvalue weighted by molar-refractivity contribution is 0.0973. The molecule has 3 unspecified atom stereocenters. The van der Waals surface area contributed by atoms with Gasteiger partial charge in [-0.1, -0.05) is 0 Å². The molecular formula is C13H14F3NO. The Balaban J connectivity index is 1.63. The average molecular weight is 257 g/mol. The Morgan fingerprint density at radius 2 is 1.89 bits per heavy atom. The van der Waals surface area contributed by atoms with Crippen LogP contribution in [0.5, 0.6) is 0 Å². The van der Waals surface area contributed by atoms with Crippen molar-refractivity contribution in [3.8, 4) is 0 Å². The molecule has 0 saturated carbocycles. The molecule has 1 aromatic rings. The van der Waals surface area contributed by atoms with Crippen LogP contribution in [0.15, 0.2) is 12.1 Å². The van der Waals surface area contributed by atoms with Crippen molar-refractivity contribution in [1.82, 2.24) is 5.32 Å². The Labute approximate surface area is 103 Å². The van der Waals surface area contributed by atoms with Crippen LogP contribution in [0.25, 0.3) is 0 Å². The van der Waals surface area contributed by atoms with Gasteiger partial charge in [-0.25, -0.2) is 13.2 Å². The summed E-state index contributed by atoms with van der Waals surface area (Å²) in [5.74, 6) is -3.70. The van der Waals surface area contributed by atoms with Crippen molar-refractivity contribution < 1.29 is 17.9 Å². The van der Waals surface area contributed by atoms with Crippen molar-refractivity contribution >= 4 is 0 Å². The van der Waals surface area contributed by atoms with Crippen molar-refractivity contribution in [2.45, 2.75) is 44.1 Å². The summed E-state index contributed by atoms with van der Waals surface area (Å²) in [6.07, 6.45) is 3.62. The first kappa shape index (κ1) is 12.0. The minimum Gasteiger partial charge on any atom is -0.373 e. The molecule has 3 rings (SSSR count). The molecule has 2 nitrogen and oxygen atoms in total. The number of halogens is 3. The molecule has 98 valence electrons. The van der Waals surface area contributed by atoms with Gasteiger partial charge >= 0.3 is 0 Å². The highest BCUT2D eigenvalue weighted by atomic mass is 19.2. The van der Waals surface area contributed by atoms with Crippen molar-refractivity contribution in [3.63, 3.8) is 0 Å². The summed E-state index contributed by atoms with van der Waals surface area (Å²) in [5.41, 5.74) is 0.411. The van der Waals surface area contributed by atoms with Gasteiger partial charge in [-0.05, 0) is 37.0 Å². The highest BCUT2D eigenvalue weighted by Crippen LogP contribution is 2.34. The zero-order valence-electron chi connectivity index (χ0n) is 9.76. The number of benzene rings is 1. The van der Waals surface area contributed by atoms with Crippen molar-refractivity contribution in [3.05, 3.63) is 35.1 Å². The third-order valence-electron chi connectivity index (χ3n) is 3.72. The number of ether oxygens (including phenoxy) is 1. The molecule has 0 aromatic heterocycles. The van der Waals surface area contributed by atoms with Gasteiger partial charge in [0.15, 0.2) is 17.5 Å². The fourth-order valence-corrected chi connectivity index (χ4v) is 2.81. The van der Waals surface area contributed by atoms with E-state index >= 15 is 0 Å². The van der Waals surface area contributed by atoms with E-state index in [1.807, 2.05) is 0 Å². The second kappa shape index (κ2) is 4.55. The summed E-state index contributed by atoms with van der Waals surface area (Å²) < 4.78 is 44.5. The third-order valence-corrected chi connectivity index (χ3v) is 3.72. The Morgan fingerprint density at radius 1 is 1.17 bits per heavy atom. The first-order valence-electron chi connectivity index (χ1n) is 6.16. The van der Waals surface area contributed by atoms with Crippen LogP contribution in [0.2, 0.25) is 0 Å². The summed E-state index contributed by atoms with van der Waals surface area (Å²) in [6.45, 7) is 0.325. The van der Waals surface area contributed by atoms with Crippen LogP contribution in [-0.2, 0) is 11.3 Å². The van der Waals surface area contributed by atoms with E-state index in [0.717, 1.165) is 31.4 Å². The predicted octanol–water partition coefficient (Wildman–Crippen LogP) is 2.51. The summed E-state index contributed by atoms with van der Waals surface area (Å²) in [4.78, 5) is 0. The predicted molar refractivity (Wildman–Crippen MR) is 59.5 cm³/mol. The highest BCUT2D eigenvalue weighted by molar-refractivity contribution is 5.19. The minimum absolute atomic E-state index is 0.213. The summed E-state index contributed by atoms with van der Waals surface area (Å²) in [7, 11) is 0. The van der Waals surface area contributed by atoms with E-state index in [0.29, 0.717) is 18.2 Å². The maximum Gasteiger partial charge on any atom is 0.194 e. The van der Waals surface area contributed by atoms with Gasteiger partial charge in [0.1, 0.15) is 0 Å². The fraction of sp³-hybridized carbons (Fsp3) is 0.538. The van der Waals surface area contributed by atoms with E-state index in [4.69, 9.17) is 4.74 Å². The van der Waals surface area contributed by atoms with Crippen LogP contribution in [0.1, 0.15) is 24.8 Å². The molecule has 2 aliphatic rings. The van der Waals surface area contributed by atoms with E-state index in [2.05, 4.69) is 5.32 Å². The molecule has 3 atom stereocenters. The second-order valence-corrected chi connectivity index (χ2v) is 4.97. The second-order valence-electron chi connectivity index (χ2n) is 4.97. The molecule has 2 saturated heterocycles. The van der Waals surface area contributed by atoms with Gasteiger partial charge in [0, 0.05) is 12.6 Å². The van der Waals surface area contributed by atoms with Crippen molar-refractivity contribution in [2.75, 3.05) is 0 Å². The van der Waals surface area contributed by atoms with Gasteiger partial charge in [-0.2, -0.15) is 0 Å². The van der Waals surface area contributed by atoms with E-state index in [-0.39, 0.29) is 12.1 Å². The number of rotatable bonds is 3. The van der Waals surface area contributed by atoms with Gasteiger partial charge in [0.2, 0.25) is 0 Å². The van der Waals surface area contributed by atoms with Gasteiger partial charge in [-0.15, -0.1) is 0 Å². The van der Waals surface area contributed by atoms with Gasteiger partial charge in [0.05, 0.1) is 12.2 Å². The molecule has 2 fully saturated rings. The normalized spacial score (nSPS) is 30.1. The number of hydrogen-bond donors (Lipinski definition) is 1. The van der Waals surface area contributed by atoms with Crippen molar-refractivity contribution in [2.24, 2.45) is 0 Å². The molecule has 18 heavy (non-hydrogen) atoms. The molecule has 2 bridgehead atoms. The molecule has 0 aliphatic carbocycles. The lowest BCUT2D eigenvalue weighted by atomic mass is 9.95. The zero-order valence-corrected chi connectivity index (χ0v) is 9.76. The van der Waals surface area contributed by atoms with Crippen LogP contribution in [0.3, 0.4) is 0 Å². The molecular weight excluding hydrogens is 243 g/mol. The van der Waals surface area contributed by atoms with E-state index in [1.165, 1.54) is 0 Å². The van der Waals surface area contributed by atoms with Crippen LogP contribution in [0, 0.1) is 17.5 Å². The van der Waals surface area contributed by atoms with E-state index in [9.17, 15) is 13.2 Å². The molecule has 2 aliphatic heterocycles. The smallest absolute Gasteiger partial charge is 0.194 e. The first-order valence-corrected chi connectivity index (χ1v) is 6.16. The van der Waals surface area contributed by atoms with E-state index < -0.39 is 17.5 Å². The first-order chi connectivity index (χ1) is 8.63. The molecule has 1 N–H and O–H groups in total. The number of fused-ring (bicyclic) bond motifs is 2. The lowest BCUT2D eigenvalue weighted by Gasteiger charge is -2.20. The molecule has 5 heteroatoms. The minimum atomic E-state index is -1.41. The monoisotopic (exact) mass is 257 g/mol. The van der Waals surface area contributed by atoms with Crippen LogP contribution in [0.4, 0.5) is 13.2 Å². The fourth-order valence-electron chi connectivity index (χ4n) is 2.81. The topological polar surface area (TPSA) is 21.3 Å². The van der Waals surface area contributed by atoms with E-state index in [1.54, 1.807) is 0 Å². The molecule has 1 aromatic carbocycles. The van der Waals surface area contributed by atoms with Gasteiger partial charge in [0.25, 0.3) is 0 Å². The van der Waals surface area contributed by atoms with Crippen LogP contribution < -0.4 is 5.32 Å². The maximum atomic E-state index is 13.0. The Morgan fingerprint density at radius 3 is 2.44 bits per heavy atom. The zero-order chi connectivity index (χ0) is 12.7. The Hall–Kier alpha value is -1.07. The quantitative estimate of drug-likeness (QED) is 0.840. The Bertz CT molecular complexity index is 443. The molecule has 0 spiro atoms. The maximum absolute atomic E-state index is 13.0. The summed E-state index contributed by atoms with van der Waals surface area (Å²) >= 11 is 0. The molecule has 2 heterocycles. The van der Waals surface area contributed by atoms with Crippen molar-refractivity contribution in [1.29, 1.82) is 0 Å². The average Bonchev–Trinajstić information content (AvgIpc) is 2.95.